The molecule has 1 saturated carbocycles. The molecule has 10 heteroatoms. The molecule has 4 rings (SSSR count). The van der Waals surface area contributed by atoms with Crippen LogP contribution in [0.1, 0.15) is 41.4 Å². The summed E-state index contributed by atoms with van der Waals surface area (Å²) >= 11 is 8.52. The van der Waals surface area contributed by atoms with Crippen molar-refractivity contribution < 1.29 is 9.53 Å². The van der Waals surface area contributed by atoms with Crippen LogP contribution in [0.4, 0.5) is 0 Å². The summed E-state index contributed by atoms with van der Waals surface area (Å²) in [5, 5.41) is 4.10. The Labute approximate surface area is 235 Å². The number of rotatable bonds is 11. The average Bonchev–Trinajstić information content (AvgIpc) is 3.54. The van der Waals surface area contributed by atoms with Crippen molar-refractivity contribution in [1.29, 1.82) is 0 Å². The SMILES string of the molecule is C[Si](C)(C)CCOCn1c([C@H]2CCC[C@H]2CNC(=O)c2cc(Br)c(Br)[nH]2)cnc1Sc1ccccc1. The minimum Gasteiger partial charge on any atom is -0.361 e. The molecule has 0 radical (unpaired) electrons. The molecule has 0 aliphatic heterocycles. The van der Waals surface area contributed by atoms with Gasteiger partial charge < -0.3 is 15.0 Å². The van der Waals surface area contributed by atoms with Crippen LogP contribution in [0.5, 0.6) is 0 Å². The summed E-state index contributed by atoms with van der Waals surface area (Å²) in [5.41, 5.74) is 1.76. The van der Waals surface area contributed by atoms with E-state index in [0.29, 0.717) is 30.8 Å². The smallest absolute Gasteiger partial charge is 0.267 e. The molecule has 1 aliphatic carbocycles. The van der Waals surface area contributed by atoms with Crippen molar-refractivity contribution >= 4 is 57.6 Å². The van der Waals surface area contributed by atoms with E-state index in [1.54, 1.807) is 17.8 Å². The highest BCUT2D eigenvalue weighted by molar-refractivity contribution is 9.13. The number of imidazole rings is 1. The minimum atomic E-state index is -1.16. The lowest BCUT2D eigenvalue weighted by atomic mass is 9.93. The lowest BCUT2D eigenvalue weighted by Gasteiger charge is -2.23. The molecule has 36 heavy (non-hydrogen) atoms. The number of benzene rings is 1. The number of carbonyl (C=O) groups is 1. The third kappa shape index (κ3) is 7.37. The van der Waals surface area contributed by atoms with Gasteiger partial charge in [0.25, 0.3) is 5.91 Å². The molecule has 1 amide bonds. The Morgan fingerprint density at radius 2 is 2.03 bits per heavy atom. The lowest BCUT2D eigenvalue weighted by Crippen LogP contribution is -2.31. The third-order valence-electron chi connectivity index (χ3n) is 6.55. The molecule has 2 atom stereocenters. The lowest BCUT2D eigenvalue weighted by molar-refractivity contribution is 0.0779. The predicted octanol–water partition coefficient (Wildman–Crippen LogP) is 7.51. The first-order valence-electron chi connectivity index (χ1n) is 12.4. The topological polar surface area (TPSA) is 71.9 Å². The van der Waals surface area contributed by atoms with Crippen LogP contribution in [0.25, 0.3) is 0 Å². The van der Waals surface area contributed by atoms with Gasteiger partial charge in [-0.2, -0.15) is 0 Å². The minimum absolute atomic E-state index is 0.0874. The standard InChI is InChI=1S/C26H34Br2N4O2SSi/c1-36(2,3)13-12-34-17-32-23(16-30-26(32)35-19-9-5-4-6-10-19)20-11-7-8-18(20)15-29-25(33)22-14-21(27)24(28)31-22/h4-6,9-10,14,16,18,20,31H,7-8,11-13,15,17H2,1-3H3,(H,29,33)/t18-,20-/m0/s1. The van der Waals surface area contributed by atoms with E-state index in [4.69, 9.17) is 9.72 Å². The summed E-state index contributed by atoms with van der Waals surface area (Å²) in [7, 11) is -1.16. The summed E-state index contributed by atoms with van der Waals surface area (Å²) in [6.07, 6.45) is 5.35. The van der Waals surface area contributed by atoms with Crippen molar-refractivity contribution in [1.82, 2.24) is 19.9 Å². The second-order valence-corrected chi connectivity index (χ2v) is 18.8. The van der Waals surface area contributed by atoms with Crippen LogP contribution >= 0.6 is 43.6 Å². The van der Waals surface area contributed by atoms with Gasteiger partial charge in [-0.1, -0.05) is 56.0 Å². The fourth-order valence-corrected chi connectivity index (χ4v) is 6.81. The second-order valence-electron chi connectivity index (χ2n) is 10.5. The van der Waals surface area contributed by atoms with Gasteiger partial charge in [-0.05, 0) is 74.9 Å². The number of nitrogens with one attached hydrogen (secondary N) is 2. The number of hydrogen-bond donors (Lipinski definition) is 2. The molecule has 6 nitrogen and oxygen atoms in total. The van der Waals surface area contributed by atoms with Crippen LogP contribution < -0.4 is 5.32 Å². The Morgan fingerprint density at radius 3 is 2.72 bits per heavy atom. The van der Waals surface area contributed by atoms with Gasteiger partial charge in [0.1, 0.15) is 12.4 Å². The van der Waals surface area contributed by atoms with Gasteiger partial charge >= 0.3 is 0 Å². The Bertz CT molecular complexity index is 1140. The largest absolute Gasteiger partial charge is 0.361 e. The Morgan fingerprint density at radius 1 is 1.25 bits per heavy atom. The van der Waals surface area contributed by atoms with Crippen molar-refractivity contribution in [3.05, 3.63) is 63.1 Å². The van der Waals surface area contributed by atoms with Gasteiger partial charge in [0.2, 0.25) is 0 Å². The zero-order valence-electron chi connectivity index (χ0n) is 21.0. The molecule has 3 aromatic rings. The first-order valence-corrected chi connectivity index (χ1v) is 18.5. The fraction of sp³-hybridized carbons (Fsp3) is 0.462. The van der Waals surface area contributed by atoms with Crippen LogP contribution in [-0.4, -0.2) is 41.7 Å². The average molecular weight is 655 g/mol. The molecule has 0 saturated heterocycles. The Kier molecular flexibility index (Phi) is 9.60. The van der Waals surface area contributed by atoms with Crippen molar-refractivity contribution in [3.63, 3.8) is 0 Å². The summed E-state index contributed by atoms with van der Waals surface area (Å²) < 4.78 is 10.1. The molecule has 1 aliphatic rings. The first-order chi connectivity index (χ1) is 17.2. The van der Waals surface area contributed by atoms with Gasteiger partial charge in [0.15, 0.2) is 5.16 Å². The normalized spacial score (nSPS) is 18.0. The van der Waals surface area contributed by atoms with E-state index in [9.17, 15) is 4.79 Å². The van der Waals surface area contributed by atoms with E-state index in [2.05, 4.69) is 90.6 Å². The highest BCUT2D eigenvalue weighted by Crippen LogP contribution is 2.41. The van der Waals surface area contributed by atoms with Crippen LogP contribution in [-0.2, 0) is 11.5 Å². The van der Waals surface area contributed by atoms with Gasteiger partial charge in [-0.25, -0.2) is 4.98 Å². The van der Waals surface area contributed by atoms with Crippen LogP contribution in [0.15, 0.2) is 61.7 Å². The van der Waals surface area contributed by atoms with Crippen LogP contribution in [0.2, 0.25) is 25.7 Å². The molecule has 2 aromatic heterocycles. The van der Waals surface area contributed by atoms with Crippen molar-refractivity contribution in [2.45, 2.75) is 67.6 Å². The summed E-state index contributed by atoms with van der Waals surface area (Å²) in [4.78, 5) is 21.8. The summed E-state index contributed by atoms with van der Waals surface area (Å²) in [6.45, 7) is 9.04. The zero-order valence-corrected chi connectivity index (χ0v) is 26.0. The number of nitrogens with zero attached hydrogens (tertiary/aromatic N) is 2. The maximum atomic E-state index is 12.7. The number of hydrogen-bond acceptors (Lipinski definition) is 4. The van der Waals surface area contributed by atoms with Crippen LogP contribution in [0.3, 0.4) is 0 Å². The van der Waals surface area contributed by atoms with Crippen molar-refractivity contribution in [2.75, 3.05) is 13.2 Å². The quantitative estimate of drug-likeness (QED) is 0.166. The molecule has 0 unspecified atom stereocenters. The summed E-state index contributed by atoms with van der Waals surface area (Å²) in [6, 6.07) is 13.3. The zero-order chi connectivity index (χ0) is 25.7. The number of aromatic nitrogens is 3. The van der Waals surface area contributed by atoms with Gasteiger partial charge in [0.05, 0.1) is 9.08 Å². The number of ether oxygens (including phenoxy) is 1. The van der Waals surface area contributed by atoms with Crippen molar-refractivity contribution in [2.24, 2.45) is 5.92 Å². The molecular formula is C26H34Br2N4O2SSi. The third-order valence-corrected chi connectivity index (χ3v) is 11.1. The highest BCUT2D eigenvalue weighted by Gasteiger charge is 2.32. The molecular weight excluding hydrogens is 620 g/mol. The molecule has 1 aromatic carbocycles. The number of amides is 1. The molecule has 194 valence electrons. The number of carbonyl (C=O) groups excluding carboxylic acids is 1. The molecule has 1 fully saturated rings. The van der Waals surface area contributed by atoms with E-state index in [-0.39, 0.29) is 5.91 Å². The van der Waals surface area contributed by atoms with Gasteiger partial charge in [0, 0.05) is 43.9 Å². The monoisotopic (exact) mass is 652 g/mol. The number of H-pyrrole nitrogens is 1. The molecule has 0 bridgehead atoms. The number of halogens is 2. The predicted molar refractivity (Wildman–Crippen MR) is 156 cm³/mol. The maximum Gasteiger partial charge on any atom is 0.267 e. The van der Waals surface area contributed by atoms with Crippen LogP contribution in [0, 0.1) is 5.92 Å². The highest BCUT2D eigenvalue weighted by atomic mass is 79.9. The summed E-state index contributed by atoms with van der Waals surface area (Å²) in [5.74, 6) is 0.615. The molecule has 0 spiro atoms. The van der Waals surface area contributed by atoms with E-state index in [0.717, 1.165) is 51.0 Å². The second kappa shape index (κ2) is 12.5. The van der Waals surface area contributed by atoms with E-state index in [1.807, 2.05) is 12.3 Å². The Balaban J connectivity index is 1.48. The van der Waals surface area contributed by atoms with E-state index >= 15 is 0 Å². The van der Waals surface area contributed by atoms with E-state index in [1.165, 1.54) is 5.69 Å². The maximum absolute atomic E-state index is 12.7. The van der Waals surface area contributed by atoms with Gasteiger partial charge in [-0.15, -0.1) is 0 Å². The number of aromatic amines is 1. The first kappa shape index (κ1) is 27.7. The molecule has 2 heterocycles. The van der Waals surface area contributed by atoms with E-state index < -0.39 is 8.07 Å². The Hall–Kier alpha value is -1.33. The fourth-order valence-electron chi connectivity index (χ4n) is 4.52. The molecule has 2 N–H and O–H groups in total. The van der Waals surface area contributed by atoms with Crippen molar-refractivity contribution in [3.8, 4) is 0 Å². The van der Waals surface area contributed by atoms with Gasteiger partial charge in [-0.3, -0.25) is 9.36 Å².